The lowest BCUT2D eigenvalue weighted by atomic mass is 10.00. The van der Waals surface area contributed by atoms with E-state index < -0.39 is 0 Å². The Morgan fingerprint density at radius 2 is 1.87 bits per heavy atom. The van der Waals surface area contributed by atoms with Crippen LogP contribution in [0.25, 0.3) is 0 Å². The quantitative estimate of drug-likeness (QED) is 0.623. The fourth-order valence-electron chi connectivity index (χ4n) is 1.40. The van der Waals surface area contributed by atoms with E-state index in [0.29, 0.717) is 5.56 Å². The van der Waals surface area contributed by atoms with Crippen molar-refractivity contribution in [3.8, 4) is 5.75 Å². The molecule has 0 atom stereocenters. The van der Waals surface area contributed by atoms with Crippen LogP contribution in [0.5, 0.6) is 5.75 Å². The van der Waals surface area contributed by atoms with Crippen LogP contribution in [-0.4, -0.2) is 16.6 Å². The Kier molecular flexibility index (Phi) is 4.34. The number of Topliss-reactive ketones (excluding diaryl/α,β-unsaturated/α-hetero) is 1. The van der Waals surface area contributed by atoms with Crippen molar-refractivity contribution >= 4 is 37.6 Å². The first-order valence-corrected chi connectivity index (χ1v) is 6.28. The lowest BCUT2D eigenvalue weighted by Crippen LogP contribution is -2.10. The highest BCUT2D eigenvalue weighted by molar-refractivity contribution is 9.25. The van der Waals surface area contributed by atoms with Crippen molar-refractivity contribution in [2.75, 3.05) is 7.11 Å². The third kappa shape index (κ3) is 2.61. The van der Waals surface area contributed by atoms with Crippen LogP contribution in [0.3, 0.4) is 0 Å². The molecule has 0 unspecified atom stereocenters. The molecule has 0 aliphatic carbocycles. The van der Waals surface area contributed by atoms with Crippen molar-refractivity contribution in [2.45, 2.75) is 17.6 Å². The smallest absolute Gasteiger partial charge is 0.187 e. The van der Waals surface area contributed by atoms with Crippen LogP contribution in [0.2, 0.25) is 0 Å². The minimum atomic E-state index is -0.337. The number of ether oxygens (including phenoxy) is 1. The van der Waals surface area contributed by atoms with Gasteiger partial charge in [-0.2, -0.15) is 0 Å². The number of halogens is 2. The number of alkyl halides is 2. The molecule has 0 aliphatic heterocycles. The van der Waals surface area contributed by atoms with E-state index in [-0.39, 0.29) is 9.52 Å². The topological polar surface area (TPSA) is 26.3 Å². The van der Waals surface area contributed by atoms with Crippen molar-refractivity contribution in [1.29, 1.82) is 0 Å². The number of rotatable bonds is 3. The largest absolute Gasteiger partial charge is 0.496 e. The first-order chi connectivity index (χ1) is 6.99. The maximum Gasteiger partial charge on any atom is 0.187 e. The molecule has 0 heterocycles. The van der Waals surface area contributed by atoms with Gasteiger partial charge in [0.15, 0.2) is 5.78 Å². The van der Waals surface area contributed by atoms with Gasteiger partial charge in [-0.1, -0.05) is 31.9 Å². The van der Waals surface area contributed by atoms with Crippen LogP contribution in [-0.2, 0) is 0 Å². The van der Waals surface area contributed by atoms with Gasteiger partial charge in [-0.3, -0.25) is 4.79 Å². The van der Waals surface area contributed by atoms with E-state index in [0.717, 1.165) is 16.9 Å². The Labute approximate surface area is 106 Å². The minimum absolute atomic E-state index is 0.0262. The highest BCUT2D eigenvalue weighted by atomic mass is 79.9. The predicted molar refractivity (Wildman–Crippen MR) is 68.4 cm³/mol. The highest BCUT2D eigenvalue weighted by Gasteiger charge is 2.17. The summed E-state index contributed by atoms with van der Waals surface area (Å²) >= 11 is 6.41. The zero-order valence-corrected chi connectivity index (χ0v) is 12.0. The van der Waals surface area contributed by atoms with Crippen LogP contribution >= 0.6 is 31.9 Å². The zero-order valence-electron chi connectivity index (χ0n) is 8.80. The van der Waals surface area contributed by atoms with Gasteiger partial charge in [0.05, 0.1) is 7.11 Å². The molecule has 0 spiro atoms. The Morgan fingerprint density at radius 3 is 2.33 bits per heavy atom. The summed E-state index contributed by atoms with van der Waals surface area (Å²) in [6, 6.07) is 3.61. The molecule has 4 heteroatoms. The standard InChI is InChI=1S/C11H12Br2O2/c1-6-7(2)9(15-3)5-4-8(6)10(14)11(12)13/h4-5,11H,1-3H3. The molecule has 0 N–H and O–H groups in total. The molecule has 2 nitrogen and oxygen atoms in total. The van der Waals surface area contributed by atoms with Crippen LogP contribution in [0.4, 0.5) is 0 Å². The van der Waals surface area contributed by atoms with E-state index >= 15 is 0 Å². The molecule has 0 saturated carbocycles. The number of benzene rings is 1. The zero-order chi connectivity index (χ0) is 11.6. The van der Waals surface area contributed by atoms with Gasteiger partial charge >= 0.3 is 0 Å². The molecule has 1 rings (SSSR count). The second-order valence-electron chi connectivity index (χ2n) is 3.23. The molecular weight excluding hydrogens is 324 g/mol. The third-order valence-corrected chi connectivity index (χ3v) is 3.25. The van der Waals surface area contributed by atoms with E-state index in [4.69, 9.17) is 4.74 Å². The summed E-state index contributed by atoms with van der Waals surface area (Å²) in [5, 5.41) is 0. The van der Waals surface area contributed by atoms with Gasteiger partial charge in [-0.05, 0) is 37.1 Å². The van der Waals surface area contributed by atoms with Crippen LogP contribution in [0, 0.1) is 13.8 Å². The molecule has 1 aromatic carbocycles. The Balaban J connectivity index is 3.23. The van der Waals surface area contributed by atoms with Gasteiger partial charge in [0.2, 0.25) is 0 Å². The van der Waals surface area contributed by atoms with Crippen molar-refractivity contribution < 1.29 is 9.53 Å². The summed E-state index contributed by atoms with van der Waals surface area (Å²) in [7, 11) is 1.63. The van der Waals surface area contributed by atoms with Gasteiger partial charge in [-0.15, -0.1) is 0 Å². The van der Waals surface area contributed by atoms with Crippen LogP contribution in [0.1, 0.15) is 21.5 Å². The van der Waals surface area contributed by atoms with Gasteiger partial charge < -0.3 is 4.74 Å². The fraction of sp³-hybridized carbons (Fsp3) is 0.364. The lowest BCUT2D eigenvalue weighted by Gasteiger charge is -2.12. The van der Waals surface area contributed by atoms with Crippen molar-refractivity contribution in [2.24, 2.45) is 0 Å². The monoisotopic (exact) mass is 334 g/mol. The summed E-state index contributed by atoms with van der Waals surface area (Å²) in [6.07, 6.45) is 0. The molecule has 0 radical (unpaired) electrons. The molecule has 0 bridgehead atoms. The maximum atomic E-state index is 11.8. The number of ketones is 1. The number of methoxy groups -OCH3 is 1. The Bertz CT molecular complexity index is 386. The molecule has 0 aliphatic rings. The summed E-state index contributed by atoms with van der Waals surface area (Å²) in [5.74, 6) is 0.836. The van der Waals surface area contributed by atoms with Crippen molar-refractivity contribution in [3.05, 3.63) is 28.8 Å². The van der Waals surface area contributed by atoms with Crippen LogP contribution < -0.4 is 4.74 Å². The average molecular weight is 336 g/mol. The van der Waals surface area contributed by atoms with Crippen molar-refractivity contribution in [3.63, 3.8) is 0 Å². The van der Waals surface area contributed by atoms with E-state index in [1.807, 2.05) is 19.9 Å². The minimum Gasteiger partial charge on any atom is -0.496 e. The van der Waals surface area contributed by atoms with E-state index in [1.54, 1.807) is 13.2 Å². The van der Waals surface area contributed by atoms with Gasteiger partial charge in [0, 0.05) is 5.56 Å². The Hall–Kier alpha value is -0.350. The number of hydrogen-bond donors (Lipinski definition) is 0. The third-order valence-electron chi connectivity index (χ3n) is 2.42. The summed E-state index contributed by atoms with van der Waals surface area (Å²) < 4.78 is 4.85. The molecule has 0 fully saturated rings. The summed E-state index contributed by atoms with van der Waals surface area (Å²) in [5.41, 5.74) is 2.68. The molecule has 15 heavy (non-hydrogen) atoms. The Morgan fingerprint density at radius 1 is 1.27 bits per heavy atom. The lowest BCUT2D eigenvalue weighted by molar-refractivity contribution is 0.101. The van der Waals surface area contributed by atoms with Gasteiger partial charge in [-0.25, -0.2) is 0 Å². The van der Waals surface area contributed by atoms with E-state index in [2.05, 4.69) is 31.9 Å². The van der Waals surface area contributed by atoms with Gasteiger partial charge in [0.25, 0.3) is 0 Å². The second kappa shape index (κ2) is 5.12. The number of carbonyl (C=O) groups excluding carboxylic acids is 1. The van der Waals surface area contributed by atoms with E-state index in [9.17, 15) is 4.79 Å². The highest BCUT2D eigenvalue weighted by Crippen LogP contribution is 2.26. The normalized spacial score (nSPS) is 10.5. The summed E-state index contributed by atoms with van der Waals surface area (Å²) in [6.45, 7) is 3.87. The van der Waals surface area contributed by atoms with Crippen molar-refractivity contribution in [1.82, 2.24) is 0 Å². The second-order valence-corrected chi connectivity index (χ2v) is 6.29. The first kappa shape index (κ1) is 12.7. The van der Waals surface area contributed by atoms with Gasteiger partial charge in [0.1, 0.15) is 9.49 Å². The van der Waals surface area contributed by atoms with E-state index in [1.165, 1.54) is 0 Å². The van der Waals surface area contributed by atoms with Crippen LogP contribution in [0.15, 0.2) is 12.1 Å². The number of hydrogen-bond acceptors (Lipinski definition) is 2. The predicted octanol–water partition coefficient (Wildman–Crippen LogP) is 3.61. The maximum absolute atomic E-state index is 11.8. The number of carbonyl (C=O) groups is 1. The molecule has 0 aromatic heterocycles. The molecular formula is C11H12Br2O2. The molecule has 82 valence electrons. The molecule has 0 saturated heterocycles. The summed E-state index contributed by atoms with van der Waals surface area (Å²) in [4.78, 5) is 11.8. The fourth-order valence-corrected chi connectivity index (χ4v) is 1.89. The average Bonchev–Trinajstić information content (AvgIpc) is 2.21. The molecule has 0 amide bonds. The first-order valence-electron chi connectivity index (χ1n) is 4.45. The molecule has 1 aromatic rings. The SMILES string of the molecule is COc1ccc(C(=O)C(Br)Br)c(C)c1C.